The Kier molecular flexibility index (Phi) is 11.1. The minimum atomic E-state index is -1.89. The average molecular weight is 883 g/mol. The number of pyridine rings is 2. The molecule has 3 aromatic heterocycles. The number of likely N-dealkylation sites (tertiary alicyclic amines) is 1. The number of aromatic hydroxyl groups is 4. The minimum Gasteiger partial charge on any atom is -0.508 e. The molecule has 1 saturated heterocycles. The second kappa shape index (κ2) is 16.7. The molecule has 336 valence electrons. The number of benzene rings is 3. The monoisotopic (exact) mass is 882 g/mol. The Morgan fingerprint density at radius 1 is 0.908 bits per heavy atom. The number of phenols is 3. The molecule has 6 heterocycles. The van der Waals surface area contributed by atoms with Crippen LogP contribution in [-0.4, -0.2) is 80.6 Å². The molecule has 3 aromatic carbocycles. The highest BCUT2D eigenvalue weighted by Gasteiger charge is 2.50. The van der Waals surface area contributed by atoms with Gasteiger partial charge in [0.15, 0.2) is 5.82 Å². The first-order valence-electron chi connectivity index (χ1n) is 22.1. The third-order valence-corrected chi connectivity index (χ3v) is 13.3. The van der Waals surface area contributed by atoms with Crippen LogP contribution in [0.15, 0.2) is 65.5 Å². The minimum absolute atomic E-state index is 0.00296. The average Bonchev–Trinajstić information content (AvgIpc) is 3.86. The van der Waals surface area contributed by atoms with Crippen LogP contribution in [0.1, 0.15) is 99.1 Å². The Bertz CT molecular complexity index is 2970. The lowest BCUT2D eigenvalue weighted by atomic mass is 9.85. The summed E-state index contributed by atoms with van der Waals surface area (Å²) < 4.78 is 14.5. The quantitative estimate of drug-likeness (QED) is 0.100. The largest absolute Gasteiger partial charge is 0.508 e. The van der Waals surface area contributed by atoms with Crippen molar-refractivity contribution in [3.8, 4) is 51.7 Å². The van der Waals surface area contributed by atoms with Crippen molar-refractivity contribution >= 4 is 28.7 Å². The Labute approximate surface area is 373 Å². The van der Waals surface area contributed by atoms with E-state index in [4.69, 9.17) is 14.5 Å². The number of fused-ring (bicyclic) bond motifs is 5. The fourth-order valence-corrected chi connectivity index (χ4v) is 9.75. The van der Waals surface area contributed by atoms with Crippen molar-refractivity contribution in [2.45, 2.75) is 97.3 Å². The SMILES string of the molecule is CCc1c2c(nc3ccc(O)cc13)-c1cc3c(c(=O)n1C2)COC(=O)[C@]3(CC)OC(=O)CCC(=O)N1CCC(Cc2ccc(-n3c(O)nnc3-c3cc(C(C)C)c(O)cc3O)cc2)CC1. The van der Waals surface area contributed by atoms with Crippen LogP contribution in [0.4, 0.5) is 0 Å². The maximum Gasteiger partial charge on any atom is 0.355 e. The van der Waals surface area contributed by atoms with Crippen LogP contribution in [0, 0.1) is 5.92 Å². The smallest absolute Gasteiger partial charge is 0.355 e. The molecule has 9 rings (SSSR count). The molecule has 1 atom stereocenters. The molecular formula is C49H50N6O10. The second-order valence-corrected chi connectivity index (χ2v) is 17.5. The Balaban J connectivity index is 0.835. The fourth-order valence-electron chi connectivity index (χ4n) is 9.75. The number of ether oxygens (including phenoxy) is 2. The van der Waals surface area contributed by atoms with Crippen LogP contribution in [0.5, 0.6) is 23.3 Å². The van der Waals surface area contributed by atoms with Crippen molar-refractivity contribution < 1.29 is 44.3 Å². The van der Waals surface area contributed by atoms with Gasteiger partial charge in [0, 0.05) is 42.1 Å². The van der Waals surface area contributed by atoms with Crippen LogP contribution in [-0.2, 0) is 55.5 Å². The predicted molar refractivity (Wildman–Crippen MR) is 238 cm³/mol. The molecule has 0 unspecified atom stereocenters. The van der Waals surface area contributed by atoms with Gasteiger partial charge < -0.3 is 39.4 Å². The van der Waals surface area contributed by atoms with Crippen molar-refractivity contribution in [3.63, 3.8) is 0 Å². The topological polar surface area (TPSA) is 219 Å². The molecule has 3 aliphatic rings. The molecule has 0 bridgehead atoms. The van der Waals surface area contributed by atoms with E-state index < -0.39 is 17.5 Å². The van der Waals surface area contributed by atoms with Gasteiger partial charge in [-0.05, 0) is 103 Å². The number of aromatic nitrogens is 5. The number of hydrogen-bond donors (Lipinski definition) is 4. The summed E-state index contributed by atoms with van der Waals surface area (Å²) in [5.41, 5.74) is 4.38. The first kappa shape index (κ1) is 43.0. The van der Waals surface area contributed by atoms with Gasteiger partial charge >= 0.3 is 17.9 Å². The van der Waals surface area contributed by atoms with Crippen LogP contribution in [0.2, 0.25) is 0 Å². The molecule has 0 saturated carbocycles. The molecule has 16 heteroatoms. The van der Waals surface area contributed by atoms with E-state index in [-0.39, 0.29) is 90.0 Å². The third-order valence-electron chi connectivity index (χ3n) is 13.3. The number of phenolic OH excluding ortho intramolecular Hbond substituents is 3. The summed E-state index contributed by atoms with van der Waals surface area (Å²) >= 11 is 0. The first-order valence-corrected chi connectivity index (χ1v) is 22.1. The molecule has 1 fully saturated rings. The van der Waals surface area contributed by atoms with Crippen molar-refractivity contribution in [1.82, 2.24) is 29.2 Å². The van der Waals surface area contributed by atoms with Crippen LogP contribution in [0.25, 0.3) is 39.4 Å². The summed E-state index contributed by atoms with van der Waals surface area (Å²) in [6.07, 6.45) is 2.53. The highest BCUT2D eigenvalue weighted by atomic mass is 16.6. The zero-order valence-corrected chi connectivity index (χ0v) is 36.6. The van der Waals surface area contributed by atoms with E-state index in [1.807, 2.05) is 45.0 Å². The van der Waals surface area contributed by atoms with Gasteiger partial charge in [0.2, 0.25) is 11.5 Å². The van der Waals surface area contributed by atoms with E-state index in [1.165, 1.54) is 10.6 Å². The van der Waals surface area contributed by atoms with E-state index in [0.29, 0.717) is 59.1 Å². The van der Waals surface area contributed by atoms with Crippen LogP contribution >= 0.6 is 0 Å². The molecule has 1 amide bonds. The summed E-state index contributed by atoms with van der Waals surface area (Å²) in [4.78, 5) is 61.3. The maximum atomic E-state index is 14.1. The Morgan fingerprint density at radius 3 is 2.37 bits per heavy atom. The number of carbonyl (C=O) groups excluding carboxylic acids is 3. The van der Waals surface area contributed by atoms with E-state index in [2.05, 4.69) is 10.2 Å². The van der Waals surface area contributed by atoms with E-state index in [0.717, 1.165) is 41.3 Å². The first-order chi connectivity index (χ1) is 31.2. The number of amides is 1. The Morgan fingerprint density at radius 2 is 1.66 bits per heavy atom. The number of carbonyl (C=O) groups is 3. The summed E-state index contributed by atoms with van der Waals surface area (Å²) in [6, 6.07) is 16.8. The Hall–Kier alpha value is -7.23. The van der Waals surface area contributed by atoms with E-state index >= 15 is 0 Å². The molecule has 3 aliphatic heterocycles. The van der Waals surface area contributed by atoms with Crippen molar-refractivity contribution in [1.29, 1.82) is 0 Å². The molecule has 65 heavy (non-hydrogen) atoms. The summed E-state index contributed by atoms with van der Waals surface area (Å²) in [6.45, 7) is 8.55. The zero-order valence-electron chi connectivity index (χ0n) is 36.6. The van der Waals surface area contributed by atoms with E-state index in [1.54, 1.807) is 46.7 Å². The van der Waals surface area contributed by atoms with E-state index in [9.17, 15) is 39.6 Å². The van der Waals surface area contributed by atoms with Crippen molar-refractivity contribution in [2.75, 3.05) is 13.1 Å². The van der Waals surface area contributed by atoms with Gasteiger partial charge in [-0.25, -0.2) is 14.3 Å². The zero-order chi connectivity index (χ0) is 45.9. The van der Waals surface area contributed by atoms with Gasteiger partial charge in [0.25, 0.3) is 5.56 Å². The molecule has 6 aromatic rings. The van der Waals surface area contributed by atoms with Crippen LogP contribution < -0.4 is 5.56 Å². The highest BCUT2D eigenvalue weighted by molar-refractivity contribution is 5.91. The summed E-state index contributed by atoms with van der Waals surface area (Å²) in [7, 11) is 0. The molecular weight excluding hydrogens is 833 g/mol. The number of esters is 2. The van der Waals surface area contributed by atoms with Crippen molar-refractivity contribution in [3.05, 3.63) is 104 Å². The normalized spacial score (nSPS) is 16.9. The fraction of sp³-hybridized carbons (Fsp3) is 0.367. The predicted octanol–water partition coefficient (Wildman–Crippen LogP) is 6.65. The van der Waals surface area contributed by atoms with Gasteiger partial charge in [-0.2, -0.15) is 0 Å². The number of aryl methyl sites for hydroxylation is 1. The number of nitrogens with zero attached hydrogens (tertiary/aromatic N) is 6. The molecule has 0 aliphatic carbocycles. The standard InChI is InChI=1S/C49H50N6O10/c1-5-31-33-20-30(56)11-12-38(33)50-44-35(31)24-54-39(44)22-37-36(46(54)61)25-64-47(62)49(37,6-2)65-43(60)14-13-42(59)53-17-15-28(16-18-53)19-27-7-9-29(10-8-27)55-45(51-52-48(55)63)34-21-32(26(3)4)40(57)23-41(34)58/h7-12,20-23,26,28,56-58H,5-6,13-19,24-25H2,1-4H3,(H,52,63)/t49-/m1/s1. The molecule has 16 nitrogen and oxygen atoms in total. The maximum absolute atomic E-state index is 14.1. The van der Waals surface area contributed by atoms with Gasteiger partial charge in [-0.15, -0.1) is 5.10 Å². The summed E-state index contributed by atoms with van der Waals surface area (Å²) in [5.74, 6) is -1.35. The second-order valence-electron chi connectivity index (χ2n) is 17.5. The lowest BCUT2D eigenvalue weighted by molar-refractivity contribution is -0.189. The summed E-state index contributed by atoms with van der Waals surface area (Å²) in [5, 5.41) is 50.6. The third kappa shape index (κ3) is 7.49. The van der Waals surface area contributed by atoms with Gasteiger partial charge in [-0.1, -0.05) is 44.9 Å². The lowest BCUT2D eigenvalue weighted by Crippen LogP contribution is -2.47. The number of piperidine rings is 1. The van der Waals surface area contributed by atoms with Crippen LogP contribution in [0.3, 0.4) is 0 Å². The molecule has 4 N–H and O–H groups in total. The number of cyclic esters (lactones) is 1. The molecule has 0 radical (unpaired) electrons. The van der Waals surface area contributed by atoms with Gasteiger partial charge in [0.05, 0.1) is 46.7 Å². The van der Waals surface area contributed by atoms with Gasteiger partial charge in [-0.3, -0.25) is 14.4 Å². The van der Waals surface area contributed by atoms with Gasteiger partial charge in [0.1, 0.15) is 23.9 Å². The highest BCUT2D eigenvalue weighted by Crippen LogP contribution is 2.43. The lowest BCUT2D eigenvalue weighted by Gasteiger charge is -2.36. The van der Waals surface area contributed by atoms with Crippen molar-refractivity contribution in [2.24, 2.45) is 5.92 Å². The number of hydrogen-bond acceptors (Lipinski definition) is 13. The molecule has 0 spiro atoms. The number of rotatable bonds is 11.